The van der Waals surface area contributed by atoms with Gasteiger partial charge >= 0.3 is 0 Å². The topological polar surface area (TPSA) is 60.7 Å². The molecule has 7 heteroatoms. The Balaban J connectivity index is 1.83. The number of rotatable bonds is 6. The second kappa shape index (κ2) is 9.11. The summed E-state index contributed by atoms with van der Waals surface area (Å²) in [6.45, 7) is 0. The maximum Gasteiger partial charge on any atom is 0.213 e. The SMILES string of the molecule is CS(=O)c1ccnc(-c2cc(F)n(C(c3ccccc3)(c3ccccc3)c3ccccc3)n2)n1. The molecule has 2 aromatic heterocycles. The molecule has 0 radical (unpaired) electrons. The molecule has 0 aliphatic heterocycles. The van der Waals surface area contributed by atoms with E-state index in [0.29, 0.717) is 5.03 Å². The quantitative estimate of drug-likeness (QED) is 0.258. The predicted molar refractivity (Wildman–Crippen MR) is 130 cm³/mol. The molecule has 34 heavy (non-hydrogen) atoms. The van der Waals surface area contributed by atoms with Gasteiger partial charge in [0.25, 0.3) is 0 Å². The minimum absolute atomic E-state index is 0.216. The van der Waals surface area contributed by atoms with Gasteiger partial charge in [0.1, 0.15) is 16.3 Å². The molecule has 3 aromatic carbocycles. The Morgan fingerprint density at radius 1 is 0.794 bits per heavy atom. The van der Waals surface area contributed by atoms with Crippen LogP contribution in [0.4, 0.5) is 4.39 Å². The molecule has 0 amide bonds. The summed E-state index contributed by atoms with van der Waals surface area (Å²) in [4.78, 5) is 8.60. The van der Waals surface area contributed by atoms with Gasteiger partial charge in [-0.05, 0) is 22.8 Å². The van der Waals surface area contributed by atoms with E-state index in [1.165, 1.54) is 23.2 Å². The molecule has 0 saturated heterocycles. The van der Waals surface area contributed by atoms with Gasteiger partial charge in [0.15, 0.2) is 5.82 Å². The van der Waals surface area contributed by atoms with Gasteiger partial charge in [-0.1, -0.05) is 91.0 Å². The van der Waals surface area contributed by atoms with Crippen LogP contribution in [-0.4, -0.2) is 30.2 Å². The van der Waals surface area contributed by atoms with Gasteiger partial charge in [-0.15, -0.1) is 0 Å². The standard InChI is InChI=1S/C27H21FN4OS/c1-34(33)25-17-18-29-26(30-25)23-19-24(28)32(31-23)27(20-11-5-2-6-12-20,21-13-7-3-8-14-21)22-15-9-4-10-16-22/h2-19H,1H3. The summed E-state index contributed by atoms with van der Waals surface area (Å²) in [5, 5.41) is 5.06. The van der Waals surface area contributed by atoms with E-state index < -0.39 is 22.3 Å². The van der Waals surface area contributed by atoms with Crippen molar-refractivity contribution >= 4 is 10.8 Å². The molecule has 168 valence electrons. The maximum atomic E-state index is 15.9. The Morgan fingerprint density at radius 2 is 1.29 bits per heavy atom. The molecule has 1 unspecified atom stereocenters. The maximum absolute atomic E-state index is 15.9. The molecule has 0 N–H and O–H groups in total. The smallest absolute Gasteiger partial charge is 0.213 e. The number of nitrogens with zero attached hydrogens (tertiary/aromatic N) is 4. The van der Waals surface area contributed by atoms with E-state index in [2.05, 4.69) is 9.97 Å². The van der Waals surface area contributed by atoms with Gasteiger partial charge in [-0.2, -0.15) is 9.49 Å². The summed E-state index contributed by atoms with van der Waals surface area (Å²) in [7, 11) is -1.30. The second-order valence-electron chi connectivity index (χ2n) is 7.75. The van der Waals surface area contributed by atoms with E-state index in [1.54, 1.807) is 6.07 Å². The zero-order valence-electron chi connectivity index (χ0n) is 18.4. The first kappa shape index (κ1) is 21.9. The lowest BCUT2D eigenvalue weighted by molar-refractivity contribution is 0.373. The van der Waals surface area contributed by atoms with Crippen molar-refractivity contribution in [3.8, 4) is 11.5 Å². The number of benzene rings is 3. The molecule has 0 saturated carbocycles. The Hall–Kier alpha value is -3.97. The average molecular weight is 469 g/mol. The fraction of sp³-hybridized carbons (Fsp3) is 0.0741. The Labute approximate surface area is 199 Å². The molecule has 0 fully saturated rings. The van der Waals surface area contributed by atoms with Crippen LogP contribution >= 0.6 is 0 Å². The number of hydrogen-bond acceptors (Lipinski definition) is 4. The molecule has 1 atom stereocenters. The molecule has 5 aromatic rings. The van der Waals surface area contributed by atoms with Gasteiger partial charge in [0.2, 0.25) is 5.95 Å². The molecule has 5 rings (SSSR count). The van der Waals surface area contributed by atoms with E-state index in [9.17, 15) is 4.21 Å². The highest BCUT2D eigenvalue weighted by atomic mass is 32.2. The Morgan fingerprint density at radius 3 is 1.76 bits per heavy atom. The molecule has 5 nitrogen and oxygen atoms in total. The zero-order chi connectivity index (χ0) is 23.5. The molecule has 0 aliphatic rings. The zero-order valence-corrected chi connectivity index (χ0v) is 19.2. The van der Waals surface area contributed by atoms with Crippen LogP contribution in [0.2, 0.25) is 0 Å². The Kier molecular flexibility index (Phi) is 5.86. The predicted octanol–water partition coefficient (Wildman–Crippen LogP) is 5.06. The highest BCUT2D eigenvalue weighted by Crippen LogP contribution is 2.41. The second-order valence-corrected chi connectivity index (χ2v) is 9.07. The fourth-order valence-corrected chi connectivity index (χ4v) is 4.70. The number of halogens is 1. The van der Waals surface area contributed by atoms with Crippen LogP contribution < -0.4 is 0 Å². The average Bonchev–Trinajstić information content (AvgIpc) is 3.28. The molecular weight excluding hydrogens is 447 g/mol. The van der Waals surface area contributed by atoms with Crippen LogP contribution in [0.5, 0.6) is 0 Å². The third-order valence-electron chi connectivity index (χ3n) is 5.71. The molecular formula is C27H21FN4OS. The first-order valence-corrected chi connectivity index (χ1v) is 12.3. The molecule has 0 aliphatic carbocycles. The molecule has 0 bridgehead atoms. The van der Waals surface area contributed by atoms with Crippen molar-refractivity contribution in [3.63, 3.8) is 0 Å². The summed E-state index contributed by atoms with van der Waals surface area (Å²) in [5.41, 5.74) is 1.73. The number of aromatic nitrogens is 4. The van der Waals surface area contributed by atoms with Crippen LogP contribution in [0.1, 0.15) is 16.7 Å². The van der Waals surface area contributed by atoms with Crippen molar-refractivity contribution in [2.75, 3.05) is 6.26 Å². The van der Waals surface area contributed by atoms with Crippen molar-refractivity contribution in [1.82, 2.24) is 19.7 Å². The van der Waals surface area contributed by atoms with Gasteiger partial charge in [0, 0.05) is 18.5 Å². The number of hydrogen-bond donors (Lipinski definition) is 0. The minimum Gasteiger partial charge on any atom is -0.253 e. The van der Waals surface area contributed by atoms with Crippen LogP contribution in [-0.2, 0) is 16.3 Å². The lowest BCUT2D eigenvalue weighted by Gasteiger charge is -2.36. The van der Waals surface area contributed by atoms with Gasteiger partial charge in [0.05, 0.1) is 10.8 Å². The van der Waals surface area contributed by atoms with E-state index in [-0.39, 0.29) is 11.5 Å². The van der Waals surface area contributed by atoms with Gasteiger partial charge < -0.3 is 0 Å². The highest BCUT2D eigenvalue weighted by molar-refractivity contribution is 7.84. The van der Waals surface area contributed by atoms with Gasteiger partial charge in [-0.25, -0.2) is 14.6 Å². The minimum atomic E-state index is -1.30. The lowest BCUT2D eigenvalue weighted by atomic mass is 9.77. The monoisotopic (exact) mass is 468 g/mol. The fourth-order valence-electron chi connectivity index (χ4n) is 4.23. The normalized spacial score (nSPS) is 12.4. The summed E-state index contributed by atoms with van der Waals surface area (Å²) in [6.07, 6.45) is 3.05. The summed E-state index contributed by atoms with van der Waals surface area (Å²) >= 11 is 0. The van der Waals surface area contributed by atoms with Gasteiger partial charge in [-0.3, -0.25) is 4.21 Å². The Bertz CT molecular complexity index is 1340. The van der Waals surface area contributed by atoms with Crippen LogP contribution in [0.3, 0.4) is 0 Å². The third-order valence-corrected chi connectivity index (χ3v) is 6.53. The van der Waals surface area contributed by atoms with Crippen LogP contribution in [0, 0.1) is 5.95 Å². The highest BCUT2D eigenvalue weighted by Gasteiger charge is 2.41. The van der Waals surface area contributed by atoms with Crippen molar-refractivity contribution in [1.29, 1.82) is 0 Å². The lowest BCUT2D eigenvalue weighted by Crippen LogP contribution is -2.39. The van der Waals surface area contributed by atoms with Crippen molar-refractivity contribution < 1.29 is 8.60 Å². The van der Waals surface area contributed by atoms with Crippen molar-refractivity contribution in [3.05, 3.63) is 132 Å². The van der Waals surface area contributed by atoms with E-state index >= 15 is 4.39 Å². The summed E-state index contributed by atoms with van der Waals surface area (Å²) in [6, 6.07) is 32.1. The van der Waals surface area contributed by atoms with Crippen LogP contribution in [0.25, 0.3) is 11.5 Å². The summed E-state index contributed by atoms with van der Waals surface area (Å²) < 4.78 is 29.2. The van der Waals surface area contributed by atoms with Crippen LogP contribution in [0.15, 0.2) is 114 Å². The van der Waals surface area contributed by atoms with Crippen molar-refractivity contribution in [2.45, 2.75) is 10.6 Å². The summed E-state index contributed by atoms with van der Waals surface area (Å²) in [5.74, 6) is -0.327. The molecule has 2 heterocycles. The first-order chi connectivity index (χ1) is 16.6. The van der Waals surface area contributed by atoms with Crippen molar-refractivity contribution in [2.24, 2.45) is 0 Å². The largest absolute Gasteiger partial charge is 0.253 e. The first-order valence-electron chi connectivity index (χ1n) is 10.7. The van der Waals surface area contributed by atoms with E-state index in [0.717, 1.165) is 16.7 Å². The molecule has 0 spiro atoms. The van der Waals surface area contributed by atoms with E-state index in [1.807, 2.05) is 91.0 Å². The third kappa shape index (κ3) is 3.74. The van der Waals surface area contributed by atoms with E-state index in [4.69, 9.17) is 5.10 Å².